The van der Waals surface area contributed by atoms with Crippen molar-refractivity contribution in [3.63, 3.8) is 0 Å². The van der Waals surface area contributed by atoms with E-state index in [9.17, 15) is 18.0 Å². The van der Waals surface area contributed by atoms with Crippen molar-refractivity contribution in [2.24, 2.45) is 4.99 Å². The molecule has 1 atom stereocenters. The van der Waals surface area contributed by atoms with Crippen LogP contribution < -0.4 is 0 Å². The number of benzene rings is 1. The minimum atomic E-state index is -4.57. The van der Waals surface area contributed by atoms with Crippen LogP contribution >= 0.6 is 0 Å². The van der Waals surface area contributed by atoms with Gasteiger partial charge in [0.2, 0.25) is 0 Å². The summed E-state index contributed by atoms with van der Waals surface area (Å²) in [5.41, 5.74) is -1.48. The van der Waals surface area contributed by atoms with Gasteiger partial charge in [0.15, 0.2) is 11.4 Å². The number of hydrogen-bond donors (Lipinski definition) is 0. The number of fused-ring (bicyclic) bond motifs is 1. The Hall–Kier alpha value is -2.64. The molecule has 1 aromatic heterocycles. The molecule has 0 saturated heterocycles. The molecule has 0 fully saturated rings. The largest absolute Gasteiger partial charge is 0.462 e. The number of carbonyl (C=O) groups excluding carboxylic acids is 1. The highest BCUT2D eigenvalue weighted by Gasteiger charge is 2.58. The van der Waals surface area contributed by atoms with Crippen LogP contribution in [-0.2, 0) is 10.3 Å². The van der Waals surface area contributed by atoms with Crippen molar-refractivity contribution < 1.29 is 22.7 Å². The van der Waals surface area contributed by atoms with Crippen LogP contribution in [0.15, 0.2) is 41.5 Å². The maximum absolute atomic E-state index is 14.1. The van der Waals surface area contributed by atoms with E-state index in [1.807, 2.05) is 0 Å². The molecule has 8 heteroatoms. The van der Waals surface area contributed by atoms with Gasteiger partial charge in [-0.25, -0.2) is 14.5 Å². The molecule has 0 aliphatic carbocycles. The van der Waals surface area contributed by atoms with Crippen molar-refractivity contribution in [1.82, 2.24) is 9.78 Å². The highest BCUT2D eigenvalue weighted by atomic mass is 19.4. The van der Waals surface area contributed by atoms with E-state index in [0.29, 0.717) is 5.56 Å². The Balaban J connectivity index is 2.23. The average molecular weight is 365 g/mol. The second-order valence-electron chi connectivity index (χ2n) is 6.00. The van der Waals surface area contributed by atoms with Gasteiger partial charge in [0.25, 0.3) is 0 Å². The van der Waals surface area contributed by atoms with Crippen molar-refractivity contribution in [1.29, 1.82) is 0 Å². The lowest BCUT2D eigenvalue weighted by Gasteiger charge is -2.38. The molecule has 2 aromatic rings. The van der Waals surface area contributed by atoms with Crippen molar-refractivity contribution in [2.75, 3.05) is 6.61 Å². The summed E-state index contributed by atoms with van der Waals surface area (Å²) in [4.78, 5) is 16.5. The Morgan fingerprint density at radius 2 is 1.96 bits per heavy atom. The predicted molar refractivity (Wildman–Crippen MR) is 89.8 cm³/mol. The molecule has 0 N–H and O–H groups in total. The van der Waals surface area contributed by atoms with Gasteiger partial charge in [0.05, 0.1) is 18.5 Å². The molecular weight excluding hydrogens is 347 g/mol. The van der Waals surface area contributed by atoms with Gasteiger partial charge < -0.3 is 4.74 Å². The fourth-order valence-electron chi connectivity index (χ4n) is 3.13. The first-order valence-electron chi connectivity index (χ1n) is 8.29. The third-order valence-corrected chi connectivity index (χ3v) is 4.56. The van der Waals surface area contributed by atoms with Crippen LogP contribution in [0.4, 0.5) is 19.0 Å². The number of ether oxygens (including phenoxy) is 1. The van der Waals surface area contributed by atoms with Crippen LogP contribution in [0.25, 0.3) is 0 Å². The molecule has 1 aliphatic rings. The summed E-state index contributed by atoms with van der Waals surface area (Å²) in [5.74, 6) is -0.855. The number of rotatable bonds is 4. The molecule has 26 heavy (non-hydrogen) atoms. The van der Waals surface area contributed by atoms with Crippen molar-refractivity contribution in [3.05, 3.63) is 47.7 Å². The lowest BCUT2D eigenvalue weighted by atomic mass is 9.85. The first-order valence-corrected chi connectivity index (χ1v) is 8.29. The fraction of sp³-hybridized carbons (Fsp3) is 0.389. The molecule has 1 unspecified atom stereocenters. The summed E-state index contributed by atoms with van der Waals surface area (Å²) in [6, 6.07) is 8.64. The van der Waals surface area contributed by atoms with Gasteiger partial charge in [-0.1, -0.05) is 37.3 Å². The van der Waals surface area contributed by atoms with Gasteiger partial charge in [-0.15, -0.1) is 0 Å². The number of carbonyl (C=O) groups is 1. The van der Waals surface area contributed by atoms with Gasteiger partial charge in [0, 0.05) is 6.42 Å². The highest BCUT2D eigenvalue weighted by molar-refractivity contribution is 6.05. The van der Waals surface area contributed by atoms with Crippen LogP contribution in [0.2, 0.25) is 0 Å². The van der Waals surface area contributed by atoms with E-state index in [1.165, 1.54) is 6.92 Å². The van der Waals surface area contributed by atoms with Crippen LogP contribution in [0, 0.1) is 0 Å². The Morgan fingerprint density at radius 3 is 2.54 bits per heavy atom. The first-order chi connectivity index (χ1) is 12.3. The number of aromatic nitrogens is 2. The van der Waals surface area contributed by atoms with Crippen molar-refractivity contribution in [2.45, 2.75) is 38.4 Å². The van der Waals surface area contributed by atoms with Gasteiger partial charge in [-0.05, 0) is 18.9 Å². The van der Waals surface area contributed by atoms with Gasteiger partial charge in [-0.3, -0.25) is 0 Å². The van der Waals surface area contributed by atoms with E-state index in [0.717, 1.165) is 10.9 Å². The van der Waals surface area contributed by atoms with Gasteiger partial charge in [0.1, 0.15) is 5.56 Å². The summed E-state index contributed by atoms with van der Waals surface area (Å²) in [6.07, 6.45) is -4.06. The Labute approximate surface area is 148 Å². The number of alkyl halides is 3. The van der Waals surface area contributed by atoms with Crippen molar-refractivity contribution >= 4 is 17.5 Å². The van der Waals surface area contributed by atoms with Crippen LogP contribution in [0.5, 0.6) is 0 Å². The van der Waals surface area contributed by atoms with Gasteiger partial charge in [-0.2, -0.15) is 18.3 Å². The van der Waals surface area contributed by atoms with E-state index in [2.05, 4.69) is 10.1 Å². The van der Waals surface area contributed by atoms with Crippen molar-refractivity contribution in [3.8, 4) is 0 Å². The fourth-order valence-corrected chi connectivity index (χ4v) is 3.13. The zero-order chi connectivity index (χ0) is 18.9. The van der Waals surface area contributed by atoms with Crippen LogP contribution in [0.1, 0.15) is 42.6 Å². The number of hydrogen-bond acceptors (Lipinski definition) is 4. The molecule has 0 saturated carbocycles. The third kappa shape index (κ3) is 2.79. The molecule has 5 nitrogen and oxygen atoms in total. The standard InChI is InChI=1S/C18H18F3N3O2/c1-3-17(18(19,20)21)10-14(12-8-6-5-7-9-12)23-15-13(11-22-24(15)17)16(25)26-4-2/h5-9,11H,3-4,10H2,1-2H3. The number of nitrogens with zero attached hydrogens (tertiary/aromatic N) is 3. The summed E-state index contributed by atoms with van der Waals surface area (Å²) >= 11 is 0. The molecule has 0 bridgehead atoms. The molecule has 3 rings (SSSR count). The normalized spacial score (nSPS) is 19.7. The molecule has 1 aliphatic heterocycles. The lowest BCUT2D eigenvalue weighted by molar-refractivity contribution is -0.217. The molecule has 0 amide bonds. The summed E-state index contributed by atoms with van der Waals surface area (Å²) in [5, 5.41) is 3.87. The summed E-state index contributed by atoms with van der Waals surface area (Å²) in [6.45, 7) is 3.19. The molecule has 138 valence electrons. The SMILES string of the molecule is CCOC(=O)c1cnn2c1N=C(c1ccccc1)CC2(CC)C(F)(F)F. The minimum absolute atomic E-state index is 0.0675. The molecular formula is C18H18F3N3O2. The maximum Gasteiger partial charge on any atom is 0.414 e. The number of esters is 1. The number of halogens is 3. The van der Waals surface area contributed by atoms with E-state index in [4.69, 9.17) is 4.74 Å². The van der Waals surface area contributed by atoms with E-state index >= 15 is 0 Å². The van der Waals surface area contributed by atoms with E-state index in [-0.39, 0.29) is 36.5 Å². The second kappa shape index (κ2) is 6.59. The Morgan fingerprint density at radius 1 is 1.27 bits per heavy atom. The lowest BCUT2D eigenvalue weighted by Crippen LogP contribution is -2.50. The molecule has 2 heterocycles. The maximum atomic E-state index is 14.1. The first kappa shape index (κ1) is 18.2. The number of aliphatic imine (C=N–C) groups is 1. The summed E-state index contributed by atoms with van der Waals surface area (Å²) in [7, 11) is 0. The minimum Gasteiger partial charge on any atom is -0.462 e. The van der Waals surface area contributed by atoms with E-state index < -0.39 is 17.7 Å². The zero-order valence-corrected chi connectivity index (χ0v) is 14.4. The second-order valence-corrected chi connectivity index (χ2v) is 6.00. The van der Waals surface area contributed by atoms with E-state index in [1.54, 1.807) is 37.3 Å². The Kier molecular flexibility index (Phi) is 4.60. The Bertz CT molecular complexity index is 843. The predicted octanol–water partition coefficient (Wildman–Crippen LogP) is 4.25. The van der Waals surface area contributed by atoms with Gasteiger partial charge >= 0.3 is 12.1 Å². The zero-order valence-electron chi connectivity index (χ0n) is 14.4. The molecule has 0 spiro atoms. The molecule has 0 radical (unpaired) electrons. The third-order valence-electron chi connectivity index (χ3n) is 4.56. The summed E-state index contributed by atoms with van der Waals surface area (Å²) < 4.78 is 48.0. The monoisotopic (exact) mass is 365 g/mol. The quantitative estimate of drug-likeness (QED) is 0.761. The van der Waals surface area contributed by atoms with Crippen LogP contribution in [-0.4, -0.2) is 34.2 Å². The smallest absolute Gasteiger partial charge is 0.414 e. The van der Waals surface area contributed by atoms with Crippen LogP contribution in [0.3, 0.4) is 0 Å². The molecule has 1 aromatic carbocycles. The highest BCUT2D eigenvalue weighted by Crippen LogP contribution is 2.48. The average Bonchev–Trinajstić information content (AvgIpc) is 3.05. The topological polar surface area (TPSA) is 56.5 Å².